The molecule has 0 aromatic carbocycles. The average Bonchev–Trinajstić information content (AvgIpc) is 3.00. The van der Waals surface area contributed by atoms with Gasteiger partial charge in [0.15, 0.2) is 0 Å². The van der Waals surface area contributed by atoms with Crippen molar-refractivity contribution in [2.24, 2.45) is 0 Å². The Morgan fingerprint density at radius 1 is 1.45 bits per heavy atom. The summed E-state index contributed by atoms with van der Waals surface area (Å²) in [5.74, 6) is 3.26. The van der Waals surface area contributed by atoms with Gasteiger partial charge in [-0.15, -0.1) is 0 Å². The molecule has 0 radical (unpaired) electrons. The second-order valence-corrected chi connectivity index (χ2v) is 6.55. The Balaban J connectivity index is 1.50. The molecule has 1 aromatic heterocycles. The Morgan fingerprint density at radius 3 is 3.25 bits per heavy atom. The van der Waals surface area contributed by atoms with Crippen molar-refractivity contribution in [2.75, 3.05) is 24.7 Å². The van der Waals surface area contributed by atoms with E-state index in [0.29, 0.717) is 12.6 Å². The molecule has 4 nitrogen and oxygen atoms in total. The van der Waals surface area contributed by atoms with Crippen LogP contribution in [0.15, 0.2) is 18.3 Å². The summed E-state index contributed by atoms with van der Waals surface area (Å²) in [5.41, 5.74) is 1.24. The normalized spacial score (nSPS) is 26.6. The third kappa shape index (κ3) is 4.11. The van der Waals surface area contributed by atoms with Crippen molar-refractivity contribution in [1.82, 2.24) is 10.3 Å². The van der Waals surface area contributed by atoms with Gasteiger partial charge in [-0.2, -0.15) is 11.8 Å². The minimum absolute atomic E-state index is 0.167. The minimum atomic E-state index is 0.167. The lowest BCUT2D eigenvalue weighted by Crippen LogP contribution is -2.33. The molecule has 0 aliphatic carbocycles. The molecule has 110 valence electrons. The molecule has 3 rings (SSSR count). The van der Waals surface area contributed by atoms with E-state index in [1.54, 1.807) is 0 Å². The summed E-state index contributed by atoms with van der Waals surface area (Å²) in [4.78, 5) is 4.29. The fourth-order valence-electron chi connectivity index (χ4n) is 2.57. The molecule has 2 atom stereocenters. The van der Waals surface area contributed by atoms with E-state index in [0.717, 1.165) is 25.5 Å². The number of aromatic nitrogens is 1. The summed E-state index contributed by atoms with van der Waals surface area (Å²) < 4.78 is 11.2. The fourth-order valence-corrected chi connectivity index (χ4v) is 3.67. The number of nitrogens with one attached hydrogen (secondary N) is 1. The predicted molar refractivity (Wildman–Crippen MR) is 81.3 cm³/mol. The number of nitrogens with zero attached hydrogens (tertiary/aromatic N) is 1. The SMILES string of the molecule is c1cc(CN[C@@H]2CCCSC2)cc(O[C@@H]2CCOC2)n1. The van der Waals surface area contributed by atoms with Crippen LogP contribution in [-0.2, 0) is 11.3 Å². The molecule has 1 N–H and O–H groups in total. The molecule has 1 aromatic rings. The summed E-state index contributed by atoms with van der Waals surface area (Å²) in [5, 5.41) is 3.63. The van der Waals surface area contributed by atoms with Crippen LogP contribution in [0.25, 0.3) is 0 Å². The van der Waals surface area contributed by atoms with Crippen LogP contribution in [-0.4, -0.2) is 41.8 Å². The molecule has 0 amide bonds. The molecular formula is C15H22N2O2S. The van der Waals surface area contributed by atoms with Gasteiger partial charge in [0, 0.05) is 37.0 Å². The molecule has 20 heavy (non-hydrogen) atoms. The molecule has 0 spiro atoms. The molecule has 0 unspecified atom stereocenters. The van der Waals surface area contributed by atoms with Gasteiger partial charge in [0.2, 0.25) is 5.88 Å². The van der Waals surface area contributed by atoms with Gasteiger partial charge >= 0.3 is 0 Å². The van der Waals surface area contributed by atoms with Crippen LogP contribution in [0, 0.1) is 0 Å². The van der Waals surface area contributed by atoms with Gasteiger partial charge in [-0.1, -0.05) is 0 Å². The van der Waals surface area contributed by atoms with Crippen LogP contribution in [0.4, 0.5) is 0 Å². The van der Waals surface area contributed by atoms with Crippen LogP contribution in [0.1, 0.15) is 24.8 Å². The van der Waals surface area contributed by atoms with Gasteiger partial charge in [0.25, 0.3) is 0 Å². The van der Waals surface area contributed by atoms with Crippen LogP contribution in [0.5, 0.6) is 5.88 Å². The van der Waals surface area contributed by atoms with Gasteiger partial charge in [0.1, 0.15) is 6.10 Å². The van der Waals surface area contributed by atoms with Gasteiger partial charge in [-0.3, -0.25) is 0 Å². The second kappa shape index (κ2) is 7.29. The van der Waals surface area contributed by atoms with Gasteiger partial charge in [-0.05, 0) is 30.2 Å². The van der Waals surface area contributed by atoms with Crippen LogP contribution in [0.3, 0.4) is 0 Å². The van der Waals surface area contributed by atoms with Crippen molar-refractivity contribution in [3.05, 3.63) is 23.9 Å². The van der Waals surface area contributed by atoms with E-state index in [-0.39, 0.29) is 6.10 Å². The zero-order valence-corrected chi connectivity index (χ0v) is 12.5. The molecule has 2 aliphatic heterocycles. The van der Waals surface area contributed by atoms with Crippen LogP contribution in [0.2, 0.25) is 0 Å². The number of rotatable bonds is 5. The maximum absolute atomic E-state index is 5.84. The van der Waals surface area contributed by atoms with Crippen molar-refractivity contribution >= 4 is 11.8 Å². The molecule has 0 saturated carbocycles. The summed E-state index contributed by atoms with van der Waals surface area (Å²) in [6.45, 7) is 2.37. The third-order valence-electron chi connectivity index (χ3n) is 3.73. The molecule has 3 heterocycles. The maximum Gasteiger partial charge on any atom is 0.213 e. The van der Waals surface area contributed by atoms with E-state index < -0.39 is 0 Å². The Bertz CT molecular complexity index is 418. The molecule has 2 aliphatic rings. The van der Waals surface area contributed by atoms with Gasteiger partial charge in [-0.25, -0.2) is 4.98 Å². The molecular weight excluding hydrogens is 272 g/mol. The predicted octanol–water partition coefficient (Wildman–Crippen LogP) is 2.23. The van der Waals surface area contributed by atoms with Gasteiger partial charge < -0.3 is 14.8 Å². The molecule has 5 heteroatoms. The van der Waals surface area contributed by atoms with Crippen molar-refractivity contribution in [3.63, 3.8) is 0 Å². The monoisotopic (exact) mass is 294 g/mol. The number of ether oxygens (including phenoxy) is 2. The first-order valence-corrected chi connectivity index (χ1v) is 8.56. The average molecular weight is 294 g/mol. The molecule has 2 saturated heterocycles. The first kappa shape index (κ1) is 14.2. The van der Waals surface area contributed by atoms with Crippen molar-refractivity contribution in [1.29, 1.82) is 0 Å². The number of thioether (sulfide) groups is 1. The van der Waals surface area contributed by atoms with Crippen molar-refractivity contribution < 1.29 is 9.47 Å². The smallest absolute Gasteiger partial charge is 0.213 e. The lowest BCUT2D eigenvalue weighted by atomic mass is 10.1. The van der Waals surface area contributed by atoms with E-state index in [9.17, 15) is 0 Å². The number of hydrogen-bond donors (Lipinski definition) is 1. The van der Waals surface area contributed by atoms with Crippen LogP contribution >= 0.6 is 11.8 Å². The summed E-state index contributed by atoms with van der Waals surface area (Å²) in [6.07, 6.45) is 5.58. The van der Waals surface area contributed by atoms with Crippen molar-refractivity contribution in [3.8, 4) is 5.88 Å². The first-order valence-electron chi connectivity index (χ1n) is 7.40. The lowest BCUT2D eigenvalue weighted by molar-refractivity contribution is 0.138. The summed E-state index contributed by atoms with van der Waals surface area (Å²) in [6, 6.07) is 4.75. The quantitative estimate of drug-likeness (QED) is 0.902. The zero-order chi connectivity index (χ0) is 13.6. The zero-order valence-electron chi connectivity index (χ0n) is 11.7. The number of hydrogen-bond acceptors (Lipinski definition) is 5. The standard InChI is InChI=1S/C15H22N2O2S/c1-2-13(11-20-7-1)17-9-12-3-5-16-15(8-12)19-14-4-6-18-10-14/h3,5,8,13-14,17H,1-2,4,6-7,9-11H2/t13-,14-/m1/s1. The largest absolute Gasteiger partial charge is 0.472 e. The third-order valence-corrected chi connectivity index (χ3v) is 4.95. The highest BCUT2D eigenvalue weighted by atomic mass is 32.2. The summed E-state index contributed by atoms with van der Waals surface area (Å²) in [7, 11) is 0. The fraction of sp³-hybridized carbons (Fsp3) is 0.667. The first-order chi connectivity index (χ1) is 9.90. The molecule has 2 fully saturated rings. The highest BCUT2D eigenvalue weighted by Crippen LogP contribution is 2.18. The number of pyridine rings is 1. The van der Waals surface area contributed by atoms with Crippen molar-refractivity contribution in [2.45, 2.75) is 38.0 Å². The van der Waals surface area contributed by atoms with E-state index in [4.69, 9.17) is 9.47 Å². The Labute approximate surface area is 124 Å². The van der Waals surface area contributed by atoms with Gasteiger partial charge in [0.05, 0.1) is 13.2 Å². The van der Waals surface area contributed by atoms with E-state index >= 15 is 0 Å². The maximum atomic E-state index is 5.84. The Morgan fingerprint density at radius 2 is 2.45 bits per heavy atom. The highest BCUT2D eigenvalue weighted by Gasteiger charge is 2.18. The minimum Gasteiger partial charge on any atom is -0.472 e. The van der Waals surface area contributed by atoms with E-state index in [1.807, 2.05) is 24.0 Å². The second-order valence-electron chi connectivity index (χ2n) is 5.40. The Kier molecular flexibility index (Phi) is 5.17. The van der Waals surface area contributed by atoms with E-state index in [1.165, 1.54) is 29.9 Å². The highest BCUT2D eigenvalue weighted by molar-refractivity contribution is 7.99. The lowest BCUT2D eigenvalue weighted by Gasteiger charge is -2.22. The Hall–Kier alpha value is -0.780. The summed E-state index contributed by atoms with van der Waals surface area (Å²) >= 11 is 2.05. The van der Waals surface area contributed by atoms with Crippen LogP contribution < -0.4 is 10.1 Å². The topological polar surface area (TPSA) is 43.4 Å². The van der Waals surface area contributed by atoms with E-state index in [2.05, 4.69) is 16.4 Å². The molecule has 0 bridgehead atoms.